The van der Waals surface area contributed by atoms with E-state index in [9.17, 15) is 8.78 Å². The van der Waals surface area contributed by atoms with Gasteiger partial charge >= 0.3 is 6.61 Å². The molecule has 0 spiro atoms. The number of alkyl halides is 2. The molecule has 1 aliphatic heterocycles. The molecule has 1 fully saturated rings. The third kappa shape index (κ3) is 5.82. The molecule has 0 unspecified atom stereocenters. The van der Waals surface area contributed by atoms with Gasteiger partial charge in [0.1, 0.15) is 5.75 Å². The van der Waals surface area contributed by atoms with Gasteiger partial charge < -0.3 is 15.4 Å². The van der Waals surface area contributed by atoms with E-state index in [0.717, 1.165) is 18.5 Å². The lowest BCUT2D eigenvalue weighted by Crippen LogP contribution is -2.34. The van der Waals surface area contributed by atoms with Crippen LogP contribution in [0.15, 0.2) is 54.6 Å². The van der Waals surface area contributed by atoms with Crippen molar-refractivity contribution in [1.29, 1.82) is 0 Å². The van der Waals surface area contributed by atoms with Crippen molar-refractivity contribution in [2.75, 3.05) is 6.54 Å². The molecule has 1 heterocycles. The quantitative estimate of drug-likeness (QED) is 0.770. The fourth-order valence-electron chi connectivity index (χ4n) is 3.04. The predicted molar refractivity (Wildman–Crippen MR) is 100 cm³/mol. The number of hydrogen-bond acceptors (Lipinski definition) is 3. The molecule has 25 heavy (non-hydrogen) atoms. The van der Waals surface area contributed by atoms with E-state index in [4.69, 9.17) is 0 Å². The molecule has 0 bridgehead atoms. The summed E-state index contributed by atoms with van der Waals surface area (Å²) in [5, 5.41) is 6.97. The molecule has 1 saturated heterocycles. The topological polar surface area (TPSA) is 33.3 Å². The third-order valence-corrected chi connectivity index (χ3v) is 4.12. The van der Waals surface area contributed by atoms with Crippen LogP contribution in [0, 0.1) is 0 Å². The number of para-hydroxylation sites is 1. The van der Waals surface area contributed by atoms with Crippen molar-refractivity contribution in [2.45, 2.75) is 31.7 Å². The maximum Gasteiger partial charge on any atom is 0.387 e. The molecule has 0 radical (unpaired) electrons. The zero-order valence-corrected chi connectivity index (χ0v) is 15.2. The van der Waals surface area contributed by atoms with Gasteiger partial charge in [-0.15, -0.1) is 24.8 Å². The molecule has 2 atom stereocenters. The summed E-state index contributed by atoms with van der Waals surface area (Å²) in [6, 6.07) is 17.7. The van der Waals surface area contributed by atoms with E-state index >= 15 is 0 Å². The van der Waals surface area contributed by atoms with Gasteiger partial charge in [-0.25, -0.2) is 0 Å². The highest BCUT2D eigenvalue weighted by Gasteiger charge is 2.27. The van der Waals surface area contributed by atoms with Gasteiger partial charge in [0.05, 0.1) is 0 Å². The first-order valence-corrected chi connectivity index (χ1v) is 7.78. The molecule has 2 aromatic carbocycles. The van der Waals surface area contributed by atoms with E-state index in [1.165, 1.54) is 5.56 Å². The highest BCUT2D eigenvalue weighted by atomic mass is 35.5. The zero-order valence-electron chi connectivity index (χ0n) is 13.5. The van der Waals surface area contributed by atoms with Gasteiger partial charge in [0.15, 0.2) is 0 Å². The van der Waals surface area contributed by atoms with E-state index < -0.39 is 6.61 Å². The van der Waals surface area contributed by atoms with Crippen molar-refractivity contribution in [3.63, 3.8) is 0 Å². The molecule has 0 amide bonds. The summed E-state index contributed by atoms with van der Waals surface area (Å²) < 4.78 is 29.5. The Morgan fingerprint density at radius 1 is 1.04 bits per heavy atom. The van der Waals surface area contributed by atoms with Crippen LogP contribution in [0.5, 0.6) is 5.75 Å². The van der Waals surface area contributed by atoms with E-state index in [-0.39, 0.29) is 42.6 Å². The Morgan fingerprint density at radius 2 is 1.72 bits per heavy atom. The van der Waals surface area contributed by atoms with Crippen LogP contribution in [-0.4, -0.2) is 19.2 Å². The molecule has 2 N–H and O–H groups in total. The number of hydrogen-bond donors (Lipinski definition) is 2. The predicted octanol–water partition coefficient (Wildman–Crippen LogP) is 4.32. The summed E-state index contributed by atoms with van der Waals surface area (Å²) in [4.78, 5) is 0. The normalized spacial score (nSPS) is 19.2. The van der Waals surface area contributed by atoms with Crippen molar-refractivity contribution >= 4 is 24.8 Å². The first kappa shape index (κ1) is 21.6. The van der Waals surface area contributed by atoms with Crippen molar-refractivity contribution in [2.24, 2.45) is 0 Å². The summed E-state index contributed by atoms with van der Waals surface area (Å²) in [7, 11) is 0. The molecular formula is C18H22Cl2F2N2O. The molecule has 0 saturated carbocycles. The molecule has 138 valence electrons. The number of halogens is 4. The van der Waals surface area contributed by atoms with Crippen LogP contribution in [0.1, 0.15) is 23.6 Å². The summed E-state index contributed by atoms with van der Waals surface area (Å²) in [5.41, 5.74) is 1.98. The maximum atomic E-state index is 12.5. The lowest BCUT2D eigenvalue weighted by molar-refractivity contribution is -0.0505. The fourth-order valence-corrected chi connectivity index (χ4v) is 3.04. The van der Waals surface area contributed by atoms with Crippen LogP contribution in [-0.2, 0) is 6.54 Å². The van der Waals surface area contributed by atoms with Crippen LogP contribution < -0.4 is 15.4 Å². The molecule has 7 heteroatoms. The zero-order chi connectivity index (χ0) is 16.1. The number of rotatable bonds is 6. The second-order valence-electron chi connectivity index (χ2n) is 5.60. The van der Waals surface area contributed by atoms with Crippen molar-refractivity contribution in [3.8, 4) is 5.75 Å². The lowest BCUT2D eigenvalue weighted by atomic mass is 10.0. The smallest absolute Gasteiger partial charge is 0.387 e. The van der Waals surface area contributed by atoms with Gasteiger partial charge in [0.2, 0.25) is 0 Å². The SMILES string of the molecule is Cl.Cl.FC(F)Oc1ccccc1CN[C@@H]1CCN[C@@H]1c1ccccc1. The van der Waals surface area contributed by atoms with Crippen LogP contribution in [0.3, 0.4) is 0 Å². The Morgan fingerprint density at radius 3 is 2.44 bits per heavy atom. The van der Waals surface area contributed by atoms with Gasteiger partial charge in [0, 0.05) is 24.2 Å². The minimum absolute atomic E-state index is 0. The molecule has 2 aromatic rings. The fraction of sp³-hybridized carbons (Fsp3) is 0.333. The molecule has 3 rings (SSSR count). The minimum Gasteiger partial charge on any atom is -0.434 e. The van der Waals surface area contributed by atoms with E-state index in [1.54, 1.807) is 12.1 Å². The molecule has 0 aromatic heterocycles. The van der Waals surface area contributed by atoms with Gasteiger partial charge in [-0.05, 0) is 24.6 Å². The second-order valence-corrected chi connectivity index (χ2v) is 5.60. The Hall–Kier alpha value is -1.40. The molecule has 1 aliphatic rings. The average Bonchev–Trinajstić information content (AvgIpc) is 3.03. The average molecular weight is 391 g/mol. The Balaban J connectivity index is 0.00000156. The van der Waals surface area contributed by atoms with Crippen LogP contribution in [0.2, 0.25) is 0 Å². The van der Waals surface area contributed by atoms with E-state index in [2.05, 4.69) is 27.5 Å². The van der Waals surface area contributed by atoms with Crippen LogP contribution in [0.4, 0.5) is 8.78 Å². The van der Waals surface area contributed by atoms with Crippen molar-refractivity contribution in [1.82, 2.24) is 10.6 Å². The van der Waals surface area contributed by atoms with Crippen LogP contribution in [0.25, 0.3) is 0 Å². The molecular weight excluding hydrogens is 369 g/mol. The largest absolute Gasteiger partial charge is 0.434 e. The second kappa shape index (κ2) is 10.6. The van der Waals surface area contributed by atoms with Crippen molar-refractivity contribution < 1.29 is 13.5 Å². The first-order chi connectivity index (χ1) is 11.2. The number of benzene rings is 2. The molecule has 0 aliphatic carbocycles. The van der Waals surface area contributed by atoms with Gasteiger partial charge in [0.25, 0.3) is 0 Å². The van der Waals surface area contributed by atoms with Crippen LogP contribution >= 0.6 is 24.8 Å². The van der Waals surface area contributed by atoms with Crippen molar-refractivity contribution in [3.05, 3.63) is 65.7 Å². The number of ether oxygens (including phenoxy) is 1. The Labute approximate surface area is 159 Å². The van der Waals surface area contributed by atoms with Gasteiger partial charge in [-0.3, -0.25) is 0 Å². The third-order valence-electron chi connectivity index (χ3n) is 4.12. The Kier molecular flexibility index (Phi) is 9.14. The standard InChI is InChI=1S/C18H20F2N2O.2ClH/c19-18(20)23-16-9-5-4-8-14(16)12-22-15-10-11-21-17(15)13-6-2-1-3-7-13;;/h1-9,15,17-18,21-22H,10-12H2;2*1H/t15-,17-;;/m1../s1. The lowest BCUT2D eigenvalue weighted by Gasteiger charge is -2.22. The molecule has 3 nitrogen and oxygen atoms in total. The first-order valence-electron chi connectivity index (χ1n) is 7.78. The van der Waals surface area contributed by atoms with Gasteiger partial charge in [-0.1, -0.05) is 48.5 Å². The monoisotopic (exact) mass is 390 g/mol. The Bertz CT molecular complexity index is 631. The maximum absolute atomic E-state index is 12.5. The number of nitrogens with one attached hydrogen (secondary N) is 2. The van der Waals surface area contributed by atoms with E-state index in [1.807, 2.05) is 30.3 Å². The summed E-state index contributed by atoms with van der Waals surface area (Å²) >= 11 is 0. The summed E-state index contributed by atoms with van der Waals surface area (Å²) in [6.07, 6.45) is 0.997. The highest BCUT2D eigenvalue weighted by molar-refractivity contribution is 5.85. The summed E-state index contributed by atoms with van der Waals surface area (Å²) in [5.74, 6) is 0.234. The van der Waals surface area contributed by atoms with E-state index in [0.29, 0.717) is 6.54 Å². The summed E-state index contributed by atoms with van der Waals surface area (Å²) in [6.45, 7) is -1.37. The minimum atomic E-state index is -2.80. The highest BCUT2D eigenvalue weighted by Crippen LogP contribution is 2.25. The van der Waals surface area contributed by atoms with Gasteiger partial charge in [-0.2, -0.15) is 8.78 Å².